The van der Waals surface area contributed by atoms with Crippen LogP contribution in [0.3, 0.4) is 0 Å². The van der Waals surface area contributed by atoms with Crippen LogP contribution in [0.2, 0.25) is 0 Å². The second-order valence-corrected chi connectivity index (χ2v) is 10.6. The third-order valence-electron chi connectivity index (χ3n) is 5.39. The summed E-state index contributed by atoms with van der Waals surface area (Å²) < 4.78 is 46.2. The number of thiophene rings is 1. The number of carbonyl (C=O) groups excluding carboxylic acids is 2. The number of hydrogen-bond acceptors (Lipinski definition) is 6. The Morgan fingerprint density at radius 2 is 1.79 bits per heavy atom. The minimum absolute atomic E-state index is 0.145. The van der Waals surface area contributed by atoms with E-state index in [1.165, 1.54) is 11.3 Å². The molecule has 0 saturated heterocycles. The van der Waals surface area contributed by atoms with E-state index in [2.05, 4.69) is 5.32 Å². The van der Waals surface area contributed by atoms with Crippen molar-refractivity contribution < 1.29 is 27.1 Å². The molecule has 0 unspecified atom stereocenters. The summed E-state index contributed by atoms with van der Waals surface area (Å²) in [5, 5.41) is 3.09. The number of benzene rings is 2. The van der Waals surface area contributed by atoms with E-state index in [0.717, 1.165) is 58.3 Å². The number of nitrogens with zero attached hydrogens (tertiary/aromatic N) is 1. The van der Waals surface area contributed by atoms with Gasteiger partial charge in [-0.1, -0.05) is 18.2 Å². The number of amides is 1. The average Bonchev–Trinajstić information content (AvgIpc) is 3.39. The Labute approximate surface area is 201 Å². The Morgan fingerprint density at radius 1 is 1.09 bits per heavy atom. The largest absolute Gasteiger partial charge is 0.462 e. The van der Waals surface area contributed by atoms with Crippen molar-refractivity contribution in [3.05, 3.63) is 76.4 Å². The summed E-state index contributed by atoms with van der Waals surface area (Å²) >= 11 is 1.32. The monoisotopic (exact) mass is 502 g/mol. The Kier molecular flexibility index (Phi) is 6.99. The zero-order valence-corrected chi connectivity index (χ0v) is 20.0. The van der Waals surface area contributed by atoms with E-state index in [-0.39, 0.29) is 17.2 Å². The third-order valence-corrected chi connectivity index (χ3v) is 8.38. The van der Waals surface area contributed by atoms with Gasteiger partial charge in [0, 0.05) is 4.88 Å². The minimum atomic E-state index is -4.17. The Hall–Kier alpha value is -3.24. The summed E-state index contributed by atoms with van der Waals surface area (Å²) in [6.45, 7) is 1.38. The molecule has 4 rings (SSSR count). The van der Waals surface area contributed by atoms with E-state index in [1.807, 2.05) is 0 Å². The van der Waals surface area contributed by atoms with Crippen molar-refractivity contribution in [3.8, 4) is 0 Å². The van der Waals surface area contributed by atoms with Gasteiger partial charge in [0.15, 0.2) is 0 Å². The normalized spacial score (nSPS) is 12.8. The van der Waals surface area contributed by atoms with Crippen LogP contribution in [0.4, 0.5) is 15.1 Å². The molecule has 7 nitrogen and oxygen atoms in total. The van der Waals surface area contributed by atoms with Crippen molar-refractivity contribution in [1.29, 1.82) is 0 Å². The maximum absolute atomic E-state index is 13.4. The molecule has 3 aromatic rings. The maximum Gasteiger partial charge on any atom is 0.341 e. The predicted octanol–water partition coefficient (Wildman–Crippen LogP) is 4.39. The van der Waals surface area contributed by atoms with E-state index in [9.17, 15) is 22.4 Å². The molecule has 1 aromatic heterocycles. The highest BCUT2D eigenvalue weighted by Crippen LogP contribution is 2.39. The summed E-state index contributed by atoms with van der Waals surface area (Å²) in [5.41, 5.74) is 1.51. The first-order valence-corrected chi connectivity index (χ1v) is 13.0. The molecule has 0 bridgehead atoms. The van der Waals surface area contributed by atoms with Crippen molar-refractivity contribution in [1.82, 2.24) is 0 Å². The fourth-order valence-corrected chi connectivity index (χ4v) is 6.57. The van der Waals surface area contributed by atoms with Gasteiger partial charge in [-0.3, -0.25) is 9.10 Å². The van der Waals surface area contributed by atoms with Gasteiger partial charge >= 0.3 is 5.97 Å². The summed E-state index contributed by atoms with van der Waals surface area (Å²) in [5.74, 6) is -1.68. The first-order chi connectivity index (χ1) is 16.3. The highest BCUT2D eigenvalue weighted by Gasteiger charge is 2.31. The molecule has 1 aliphatic carbocycles. The summed E-state index contributed by atoms with van der Waals surface area (Å²) in [6.07, 6.45) is 2.47. The van der Waals surface area contributed by atoms with Crippen LogP contribution in [0.1, 0.15) is 34.1 Å². The molecule has 0 radical (unpaired) electrons. The minimum Gasteiger partial charge on any atom is -0.462 e. The number of esters is 1. The van der Waals surface area contributed by atoms with Crippen molar-refractivity contribution in [2.45, 2.75) is 31.1 Å². The lowest BCUT2D eigenvalue weighted by atomic mass is 10.1. The number of aryl methyl sites for hydroxylation is 1. The van der Waals surface area contributed by atoms with E-state index < -0.39 is 34.3 Å². The lowest BCUT2D eigenvalue weighted by Crippen LogP contribution is -2.38. The van der Waals surface area contributed by atoms with E-state index >= 15 is 0 Å². The highest BCUT2D eigenvalue weighted by molar-refractivity contribution is 7.92. The Bertz CT molecular complexity index is 1310. The molecule has 34 heavy (non-hydrogen) atoms. The van der Waals surface area contributed by atoms with Gasteiger partial charge in [0.1, 0.15) is 17.4 Å². The zero-order chi connectivity index (χ0) is 24.3. The summed E-state index contributed by atoms with van der Waals surface area (Å²) in [6, 6.07) is 12.6. The molecule has 178 valence electrons. The molecule has 0 atom stereocenters. The lowest BCUT2D eigenvalue weighted by Gasteiger charge is -2.24. The van der Waals surface area contributed by atoms with Crippen LogP contribution in [0.15, 0.2) is 59.5 Å². The number of ether oxygens (including phenoxy) is 1. The van der Waals surface area contributed by atoms with Crippen molar-refractivity contribution in [2.24, 2.45) is 0 Å². The molecule has 2 aromatic carbocycles. The fraction of sp³-hybridized carbons (Fsp3) is 0.250. The van der Waals surface area contributed by atoms with Crippen LogP contribution >= 0.6 is 11.3 Å². The summed E-state index contributed by atoms with van der Waals surface area (Å²) in [4.78, 5) is 26.5. The highest BCUT2D eigenvalue weighted by atomic mass is 32.2. The van der Waals surface area contributed by atoms with Gasteiger partial charge in [-0.25, -0.2) is 17.6 Å². The van der Waals surface area contributed by atoms with Crippen molar-refractivity contribution in [3.63, 3.8) is 0 Å². The molecule has 0 saturated carbocycles. The third kappa shape index (κ3) is 4.83. The summed E-state index contributed by atoms with van der Waals surface area (Å²) in [7, 11) is -4.17. The van der Waals surface area contributed by atoms with E-state index in [0.29, 0.717) is 10.6 Å². The van der Waals surface area contributed by atoms with Crippen LogP contribution in [0.5, 0.6) is 0 Å². The number of carbonyl (C=O) groups is 2. The van der Waals surface area contributed by atoms with Crippen LogP contribution in [-0.2, 0) is 32.4 Å². The first-order valence-electron chi connectivity index (χ1n) is 10.8. The van der Waals surface area contributed by atoms with Gasteiger partial charge in [0.2, 0.25) is 5.91 Å². The molecule has 1 N–H and O–H groups in total. The molecule has 0 aliphatic heterocycles. The van der Waals surface area contributed by atoms with Gasteiger partial charge in [0.25, 0.3) is 10.0 Å². The Balaban J connectivity index is 1.64. The topological polar surface area (TPSA) is 92.8 Å². The average molecular weight is 503 g/mol. The van der Waals surface area contributed by atoms with Crippen LogP contribution in [0, 0.1) is 5.82 Å². The number of hydrogen-bond donors (Lipinski definition) is 1. The molecule has 1 heterocycles. The van der Waals surface area contributed by atoms with Gasteiger partial charge in [-0.15, -0.1) is 11.3 Å². The number of nitrogens with one attached hydrogen (secondary N) is 1. The maximum atomic E-state index is 13.4. The molecule has 0 fully saturated rings. The quantitative estimate of drug-likeness (QED) is 0.462. The number of halogens is 1. The molecule has 10 heteroatoms. The van der Waals surface area contributed by atoms with Gasteiger partial charge in [-0.05, 0) is 68.1 Å². The number of fused-ring (bicyclic) bond motifs is 1. The Morgan fingerprint density at radius 3 is 2.47 bits per heavy atom. The van der Waals surface area contributed by atoms with Crippen LogP contribution < -0.4 is 9.62 Å². The number of rotatable bonds is 8. The first kappa shape index (κ1) is 23.9. The molecule has 1 aliphatic rings. The SMILES string of the molecule is CCOC(=O)c1c(NC(=O)CN(c2ccccc2)S(=O)(=O)c2ccc(F)cc2)sc2c1CCC2. The van der Waals surface area contributed by atoms with Crippen molar-refractivity contribution in [2.75, 3.05) is 22.8 Å². The zero-order valence-electron chi connectivity index (χ0n) is 18.4. The lowest BCUT2D eigenvalue weighted by molar-refractivity contribution is -0.114. The van der Waals surface area contributed by atoms with E-state index in [4.69, 9.17) is 4.74 Å². The van der Waals surface area contributed by atoms with Crippen LogP contribution in [-0.4, -0.2) is 33.4 Å². The smallest absolute Gasteiger partial charge is 0.341 e. The standard InChI is InChI=1S/C24H23FN2O5S2/c1-2-32-24(29)22-19-9-6-10-20(19)33-23(22)26-21(28)15-27(17-7-4-3-5-8-17)34(30,31)18-13-11-16(25)12-14-18/h3-5,7-8,11-14H,2,6,9-10,15H2,1H3,(H,26,28). The fourth-order valence-electron chi connectivity index (χ4n) is 3.85. The predicted molar refractivity (Wildman–Crippen MR) is 128 cm³/mol. The second-order valence-electron chi connectivity index (χ2n) is 7.63. The molecule has 1 amide bonds. The molecular formula is C24H23FN2O5S2. The number of sulfonamides is 1. The number of para-hydroxylation sites is 1. The van der Waals surface area contributed by atoms with E-state index in [1.54, 1.807) is 37.3 Å². The second kappa shape index (κ2) is 9.94. The van der Waals surface area contributed by atoms with Crippen LogP contribution in [0.25, 0.3) is 0 Å². The molecular weight excluding hydrogens is 479 g/mol. The van der Waals surface area contributed by atoms with Crippen molar-refractivity contribution >= 4 is 43.9 Å². The van der Waals surface area contributed by atoms with Gasteiger partial charge in [0.05, 0.1) is 22.8 Å². The molecule has 0 spiro atoms. The number of anilines is 2. The van der Waals surface area contributed by atoms with Gasteiger partial charge < -0.3 is 10.1 Å². The van der Waals surface area contributed by atoms with Gasteiger partial charge in [-0.2, -0.15) is 0 Å².